The molecule has 2 N–H and O–H groups in total. The number of aromatic nitrogens is 1. The van der Waals surface area contributed by atoms with Gasteiger partial charge in [0.25, 0.3) is 0 Å². The van der Waals surface area contributed by atoms with Gasteiger partial charge in [-0.1, -0.05) is 12.1 Å². The molecular formula is C21H29N4O3S+. The largest absolute Gasteiger partial charge is 0.450 e. The lowest BCUT2D eigenvalue weighted by Crippen LogP contribution is -3.13. The van der Waals surface area contributed by atoms with Gasteiger partial charge >= 0.3 is 6.09 Å². The number of aryl methyl sites for hydroxylation is 2. The van der Waals surface area contributed by atoms with Gasteiger partial charge < -0.3 is 15.0 Å². The Morgan fingerprint density at radius 2 is 2.03 bits per heavy atom. The summed E-state index contributed by atoms with van der Waals surface area (Å²) < 4.78 is 5.06. The molecule has 0 aliphatic carbocycles. The number of benzene rings is 1. The molecule has 0 atom stereocenters. The molecule has 29 heavy (non-hydrogen) atoms. The van der Waals surface area contributed by atoms with Crippen molar-refractivity contribution < 1.29 is 19.2 Å². The Morgan fingerprint density at radius 1 is 1.28 bits per heavy atom. The Morgan fingerprint density at radius 3 is 2.76 bits per heavy atom. The minimum Gasteiger partial charge on any atom is -0.450 e. The number of ether oxygens (including phenoxy) is 1. The van der Waals surface area contributed by atoms with Crippen molar-refractivity contribution in [2.75, 3.05) is 38.1 Å². The molecular weight excluding hydrogens is 388 g/mol. The first kappa shape index (κ1) is 21.3. The minimum atomic E-state index is -0.225. The van der Waals surface area contributed by atoms with E-state index in [0.29, 0.717) is 19.7 Å². The van der Waals surface area contributed by atoms with E-state index < -0.39 is 0 Å². The molecule has 8 heteroatoms. The zero-order valence-corrected chi connectivity index (χ0v) is 18.1. The van der Waals surface area contributed by atoms with Crippen LogP contribution in [-0.4, -0.2) is 54.7 Å². The first-order valence-electron chi connectivity index (χ1n) is 10.00. The van der Waals surface area contributed by atoms with Gasteiger partial charge in [0, 0.05) is 11.1 Å². The van der Waals surface area contributed by atoms with E-state index in [4.69, 9.17) is 4.74 Å². The molecule has 2 amide bonds. The Hall–Kier alpha value is -2.45. The quantitative estimate of drug-likeness (QED) is 0.752. The topological polar surface area (TPSA) is 76.0 Å². The molecule has 0 saturated carbocycles. The second-order valence-electron chi connectivity index (χ2n) is 7.39. The van der Waals surface area contributed by atoms with Crippen molar-refractivity contribution in [2.45, 2.75) is 33.7 Å². The number of anilines is 1. The monoisotopic (exact) mass is 417 g/mol. The minimum absolute atomic E-state index is 0.0463. The average Bonchev–Trinajstić information content (AvgIpc) is 3.12. The molecule has 7 nitrogen and oxygen atoms in total. The van der Waals surface area contributed by atoms with Crippen LogP contribution in [0, 0.1) is 13.8 Å². The van der Waals surface area contributed by atoms with Crippen LogP contribution in [0.4, 0.5) is 10.5 Å². The van der Waals surface area contributed by atoms with Crippen LogP contribution < -0.4 is 10.2 Å². The normalized spacial score (nSPS) is 14.7. The first-order chi connectivity index (χ1) is 13.9. The molecule has 0 bridgehead atoms. The van der Waals surface area contributed by atoms with E-state index in [-0.39, 0.29) is 18.4 Å². The third kappa shape index (κ3) is 6.01. The summed E-state index contributed by atoms with van der Waals surface area (Å²) in [5.41, 5.74) is 4.03. The molecule has 2 heterocycles. The van der Waals surface area contributed by atoms with E-state index in [2.05, 4.69) is 10.3 Å². The maximum absolute atomic E-state index is 12.4. The third-order valence-electron chi connectivity index (χ3n) is 5.01. The predicted octanol–water partition coefficient (Wildman–Crippen LogP) is 1.80. The van der Waals surface area contributed by atoms with Crippen LogP contribution >= 0.6 is 11.3 Å². The van der Waals surface area contributed by atoms with Gasteiger partial charge in [-0.3, -0.25) is 9.69 Å². The Labute approximate surface area is 175 Å². The maximum Gasteiger partial charge on any atom is 0.410 e. The number of piperazine rings is 1. The number of carbonyl (C=O) groups excluding carboxylic acids is 2. The van der Waals surface area contributed by atoms with Gasteiger partial charge in [-0.2, -0.15) is 0 Å². The second-order valence-corrected chi connectivity index (χ2v) is 8.33. The fourth-order valence-corrected chi connectivity index (χ4v) is 4.16. The molecule has 0 radical (unpaired) electrons. The van der Waals surface area contributed by atoms with E-state index in [1.54, 1.807) is 4.90 Å². The molecule has 1 aromatic carbocycles. The zero-order valence-electron chi connectivity index (χ0n) is 17.3. The van der Waals surface area contributed by atoms with Crippen molar-refractivity contribution in [3.05, 3.63) is 45.4 Å². The Kier molecular flexibility index (Phi) is 7.22. The van der Waals surface area contributed by atoms with Crippen molar-refractivity contribution in [2.24, 2.45) is 0 Å². The fraction of sp³-hybridized carbons (Fsp3) is 0.476. The highest BCUT2D eigenvalue weighted by atomic mass is 32.1. The van der Waals surface area contributed by atoms with E-state index >= 15 is 0 Å². The lowest BCUT2D eigenvalue weighted by molar-refractivity contribution is -0.917. The summed E-state index contributed by atoms with van der Waals surface area (Å²) in [5, 5.41) is 5.85. The van der Waals surface area contributed by atoms with Gasteiger partial charge in [0.2, 0.25) is 5.91 Å². The van der Waals surface area contributed by atoms with E-state index in [1.165, 1.54) is 16.2 Å². The highest BCUT2D eigenvalue weighted by Gasteiger charge is 2.25. The van der Waals surface area contributed by atoms with Crippen LogP contribution in [0.2, 0.25) is 0 Å². The van der Waals surface area contributed by atoms with Crippen LogP contribution in [0.3, 0.4) is 0 Å². The van der Waals surface area contributed by atoms with Gasteiger partial charge in [0.15, 0.2) is 0 Å². The number of rotatable bonds is 6. The van der Waals surface area contributed by atoms with Crippen molar-refractivity contribution in [3.8, 4) is 0 Å². The van der Waals surface area contributed by atoms with Crippen LogP contribution in [0.5, 0.6) is 0 Å². The predicted molar refractivity (Wildman–Crippen MR) is 113 cm³/mol. The molecule has 2 aromatic rings. The van der Waals surface area contributed by atoms with Gasteiger partial charge in [0.1, 0.15) is 17.2 Å². The summed E-state index contributed by atoms with van der Waals surface area (Å²) in [6.07, 6.45) is 0.0571. The van der Waals surface area contributed by atoms with Crippen LogP contribution in [0.1, 0.15) is 28.8 Å². The molecule has 1 fully saturated rings. The van der Waals surface area contributed by atoms with Crippen LogP contribution in [0.15, 0.2) is 23.6 Å². The molecule has 1 aromatic heterocycles. The number of hydrogen-bond donors (Lipinski definition) is 2. The number of nitrogens with zero attached hydrogens (tertiary/aromatic N) is 2. The summed E-state index contributed by atoms with van der Waals surface area (Å²) in [7, 11) is 0. The smallest absolute Gasteiger partial charge is 0.410 e. The zero-order chi connectivity index (χ0) is 20.8. The van der Waals surface area contributed by atoms with Crippen LogP contribution in [0.25, 0.3) is 0 Å². The highest BCUT2D eigenvalue weighted by Crippen LogP contribution is 2.17. The number of nitrogens with one attached hydrogen (secondary N) is 2. The van der Waals surface area contributed by atoms with Gasteiger partial charge in [-0.05, 0) is 38.0 Å². The molecule has 3 rings (SSSR count). The summed E-state index contributed by atoms with van der Waals surface area (Å²) in [6.45, 7) is 10.2. The summed E-state index contributed by atoms with van der Waals surface area (Å²) in [6, 6.07) is 6.03. The molecule has 1 aliphatic rings. The van der Waals surface area contributed by atoms with Crippen molar-refractivity contribution in [3.63, 3.8) is 0 Å². The summed E-state index contributed by atoms with van der Waals surface area (Å²) >= 11 is 1.53. The number of quaternary nitrogens is 1. The summed E-state index contributed by atoms with van der Waals surface area (Å²) in [4.78, 5) is 32.0. The number of thiazole rings is 1. The molecule has 0 spiro atoms. The van der Waals surface area contributed by atoms with Crippen molar-refractivity contribution in [1.29, 1.82) is 0 Å². The lowest BCUT2D eigenvalue weighted by Gasteiger charge is -2.31. The Bertz CT molecular complexity index is 859. The summed E-state index contributed by atoms with van der Waals surface area (Å²) in [5.74, 6) is -0.0463. The standard InChI is InChI=1S/C21H28N4O3S/c1-4-28-21(27)25-9-7-24(8-10-25)13-17-14-29-20(22-17)12-19(26)23-18-11-15(2)5-6-16(18)3/h5-6,11,14H,4,7-10,12-13H2,1-3H3,(H,23,26)/p+1. The molecule has 0 unspecified atom stereocenters. The highest BCUT2D eigenvalue weighted by molar-refractivity contribution is 7.09. The maximum atomic E-state index is 12.4. The number of carbonyl (C=O) groups is 2. The van der Waals surface area contributed by atoms with Gasteiger partial charge in [0.05, 0.1) is 39.2 Å². The second kappa shape index (κ2) is 9.84. The number of amides is 2. The fourth-order valence-electron chi connectivity index (χ4n) is 3.37. The van der Waals surface area contributed by atoms with Gasteiger partial charge in [-0.25, -0.2) is 9.78 Å². The van der Waals surface area contributed by atoms with Gasteiger partial charge in [-0.15, -0.1) is 11.3 Å². The van der Waals surface area contributed by atoms with Crippen molar-refractivity contribution >= 4 is 29.0 Å². The van der Waals surface area contributed by atoms with Crippen LogP contribution in [-0.2, 0) is 22.5 Å². The average molecular weight is 418 g/mol. The number of hydrogen-bond acceptors (Lipinski definition) is 5. The first-order valence-corrected chi connectivity index (χ1v) is 10.9. The Balaban J connectivity index is 1.48. The molecule has 1 saturated heterocycles. The third-order valence-corrected chi connectivity index (χ3v) is 5.90. The van der Waals surface area contributed by atoms with E-state index in [1.807, 2.05) is 44.4 Å². The molecule has 1 aliphatic heterocycles. The lowest BCUT2D eigenvalue weighted by atomic mass is 10.1. The van der Waals surface area contributed by atoms with Crippen molar-refractivity contribution in [1.82, 2.24) is 9.88 Å². The van der Waals surface area contributed by atoms with E-state index in [9.17, 15) is 9.59 Å². The molecule has 156 valence electrons. The SMILES string of the molecule is CCOC(=O)N1CC[NH+](Cc2csc(CC(=O)Nc3cc(C)ccc3C)n2)CC1. The van der Waals surface area contributed by atoms with E-state index in [0.717, 1.165) is 47.2 Å².